The summed E-state index contributed by atoms with van der Waals surface area (Å²) in [6, 6.07) is 13.0. The SMILES string of the molecule is COc1ccc(CNC(=O)c2ccc3c(c2)NC(=O)C2CCCN32)cc1. The molecule has 6 nitrogen and oxygen atoms in total. The van der Waals surface area contributed by atoms with E-state index in [2.05, 4.69) is 15.5 Å². The number of carbonyl (C=O) groups is 2. The van der Waals surface area contributed by atoms with Crippen LogP contribution < -0.4 is 20.3 Å². The highest BCUT2D eigenvalue weighted by molar-refractivity contribution is 6.06. The molecule has 2 aliphatic heterocycles. The Bertz CT molecular complexity index is 848. The topological polar surface area (TPSA) is 70.7 Å². The van der Waals surface area contributed by atoms with Crippen LogP contribution in [0.5, 0.6) is 5.75 Å². The Hall–Kier alpha value is -3.02. The van der Waals surface area contributed by atoms with Crippen LogP contribution >= 0.6 is 0 Å². The third kappa shape index (κ3) is 2.98. The maximum atomic E-state index is 12.5. The van der Waals surface area contributed by atoms with Crippen molar-refractivity contribution in [2.24, 2.45) is 0 Å². The first-order chi connectivity index (χ1) is 12.7. The molecule has 26 heavy (non-hydrogen) atoms. The number of nitrogens with zero attached hydrogens (tertiary/aromatic N) is 1. The van der Waals surface area contributed by atoms with Gasteiger partial charge in [-0.05, 0) is 48.7 Å². The van der Waals surface area contributed by atoms with Crippen molar-refractivity contribution in [3.63, 3.8) is 0 Å². The summed E-state index contributed by atoms with van der Waals surface area (Å²) in [4.78, 5) is 26.8. The van der Waals surface area contributed by atoms with Gasteiger partial charge in [0.15, 0.2) is 0 Å². The average Bonchev–Trinajstić information content (AvgIpc) is 3.17. The van der Waals surface area contributed by atoms with Gasteiger partial charge in [0.1, 0.15) is 11.8 Å². The van der Waals surface area contributed by atoms with E-state index in [0.717, 1.165) is 36.4 Å². The Labute approximate surface area is 152 Å². The number of ether oxygens (including phenoxy) is 1. The van der Waals surface area contributed by atoms with Gasteiger partial charge >= 0.3 is 0 Å². The van der Waals surface area contributed by atoms with Crippen molar-refractivity contribution in [2.45, 2.75) is 25.4 Å². The zero-order valence-electron chi connectivity index (χ0n) is 14.6. The van der Waals surface area contributed by atoms with Gasteiger partial charge in [-0.3, -0.25) is 9.59 Å². The highest BCUT2D eigenvalue weighted by Gasteiger charge is 2.36. The summed E-state index contributed by atoms with van der Waals surface area (Å²) < 4.78 is 5.13. The summed E-state index contributed by atoms with van der Waals surface area (Å²) in [5, 5.41) is 5.85. The number of rotatable bonds is 4. The van der Waals surface area contributed by atoms with Crippen LogP contribution in [0.3, 0.4) is 0 Å². The zero-order chi connectivity index (χ0) is 18.1. The Balaban J connectivity index is 1.47. The Morgan fingerprint density at radius 2 is 2.08 bits per heavy atom. The third-order valence-electron chi connectivity index (χ3n) is 4.99. The van der Waals surface area contributed by atoms with Gasteiger partial charge in [0.25, 0.3) is 5.91 Å². The van der Waals surface area contributed by atoms with Gasteiger partial charge in [0.2, 0.25) is 5.91 Å². The summed E-state index contributed by atoms with van der Waals surface area (Å²) in [7, 11) is 1.62. The van der Waals surface area contributed by atoms with Crippen LogP contribution in [0.4, 0.5) is 11.4 Å². The summed E-state index contributed by atoms with van der Waals surface area (Å²) in [5.41, 5.74) is 3.24. The molecule has 0 aliphatic carbocycles. The molecule has 2 aliphatic rings. The number of benzene rings is 2. The Morgan fingerprint density at radius 1 is 1.27 bits per heavy atom. The molecule has 2 aromatic carbocycles. The van der Waals surface area contributed by atoms with Gasteiger partial charge in [0, 0.05) is 18.7 Å². The van der Waals surface area contributed by atoms with Crippen molar-refractivity contribution < 1.29 is 14.3 Å². The van der Waals surface area contributed by atoms with E-state index in [0.29, 0.717) is 17.8 Å². The molecule has 2 N–H and O–H groups in total. The molecular weight excluding hydrogens is 330 g/mol. The van der Waals surface area contributed by atoms with E-state index in [1.165, 1.54) is 0 Å². The standard InChI is InChI=1S/C20H21N3O3/c1-26-15-7-4-13(5-8-15)12-21-19(24)14-6-9-17-16(11-14)22-20(25)18-3-2-10-23(17)18/h4-9,11,18H,2-3,10,12H2,1H3,(H,21,24)(H,22,25). The van der Waals surface area contributed by atoms with E-state index in [-0.39, 0.29) is 17.9 Å². The first kappa shape index (κ1) is 16.4. The van der Waals surface area contributed by atoms with Crippen molar-refractivity contribution in [1.82, 2.24) is 5.32 Å². The van der Waals surface area contributed by atoms with Crippen molar-refractivity contribution >= 4 is 23.2 Å². The molecule has 0 saturated carbocycles. The maximum absolute atomic E-state index is 12.5. The van der Waals surface area contributed by atoms with E-state index in [4.69, 9.17) is 4.74 Å². The number of carbonyl (C=O) groups excluding carboxylic acids is 2. The smallest absolute Gasteiger partial charge is 0.251 e. The molecular formula is C20H21N3O3. The third-order valence-corrected chi connectivity index (χ3v) is 4.99. The van der Waals surface area contributed by atoms with Crippen LogP contribution in [-0.4, -0.2) is 31.5 Å². The predicted octanol–water partition coefficient (Wildman–Crippen LogP) is 2.55. The summed E-state index contributed by atoms with van der Waals surface area (Å²) in [6.45, 7) is 1.31. The number of anilines is 2. The highest BCUT2D eigenvalue weighted by atomic mass is 16.5. The van der Waals surface area contributed by atoms with Gasteiger partial charge in [-0.15, -0.1) is 0 Å². The van der Waals surface area contributed by atoms with Crippen molar-refractivity contribution in [2.75, 3.05) is 23.9 Å². The number of fused-ring (bicyclic) bond motifs is 3. The molecule has 134 valence electrons. The second-order valence-electron chi connectivity index (χ2n) is 6.60. The van der Waals surface area contributed by atoms with E-state index in [1.807, 2.05) is 36.4 Å². The fourth-order valence-electron chi connectivity index (χ4n) is 3.60. The number of methoxy groups -OCH3 is 1. The largest absolute Gasteiger partial charge is 0.497 e. The molecule has 2 heterocycles. The molecule has 2 aromatic rings. The molecule has 1 unspecified atom stereocenters. The van der Waals surface area contributed by atoms with Crippen LogP contribution in [0.25, 0.3) is 0 Å². The molecule has 4 rings (SSSR count). The quantitative estimate of drug-likeness (QED) is 0.888. The summed E-state index contributed by atoms with van der Waals surface area (Å²) in [5.74, 6) is 0.637. The normalized spacial score (nSPS) is 18.0. The van der Waals surface area contributed by atoms with E-state index >= 15 is 0 Å². The van der Waals surface area contributed by atoms with Crippen LogP contribution in [0.1, 0.15) is 28.8 Å². The highest BCUT2D eigenvalue weighted by Crippen LogP contribution is 2.37. The molecule has 0 spiro atoms. The van der Waals surface area contributed by atoms with Gasteiger partial charge < -0.3 is 20.3 Å². The molecule has 1 fully saturated rings. The first-order valence-corrected chi connectivity index (χ1v) is 8.78. The Kier molecular flexibility index (Phi) is 4.24. The van der Waals surface area contributed by atoms with Gasteiger partial charge in [-0.25, -0.2) is 0 Å². The fraction of sp³-hybridized carbons (Fsp3) is 0.300. The maximum Gasteiger partial charge on any atom is 0.251 e. The van der Waals surface area contributed by atoms with Crippen LogP contribution in [-0.2, 0) is 11.3 Å². The van der Waals surface area contributed by atoms with Crippen molar-refractivity contribution in [3.05, 3.63) is 53.6 Å². The molecule has 0 bridgehead atoms. The molecule has 2 amide bonds. The van der Waals surface area contributed by atoms with Gasteiger partial charge in [-0.2, -0.15) is 0 Å². The van der Waals surface area contributed by atoms with E-state index < -0.39 is 0 Å². The average molecular weight is 351 g/mol. The molecule has 1 saturated heterocycles. The molecule has 6 heteroatoms. The lowest BCUT2D eigenvalue weighted by Crippen LogP contribution is -2.44. The Morgan fingerprint density at radius 3 is 2.85 bits per heavy atom. The lowest BCUT2D eigenvalue weighted by atomic mass is 10.1. The lowest BCUT2D eigenvalue weighted by molar-refractivity contribution is -0.117. The molecule has 1 atom stereocenters. The summed E-state index contributed by atoms with van der Waals surface area (Å²) in [6.07, 6.45) is 1.90. The summed E-state index contributed by atoms with van der Waals surface area (Å²) >= 11 is 0. The van der Waals surface area contributed by atoms with E-state index in [9.17, 15) is 9.59 Å². The number of nitrogens with one attached hydrogen (secondary N) is 2. The minimum Gasteiger partial charge on any atom is -0.497 e. The predicted molar refractivity (Wildman–Crippen MR) is 99.6 cm³/mol. The van der Waals surface area contributed by atoms with Crippen LogP contribution in [0, 0.1) is 0 Å². The number of hydrogen-bond acceptors (Lipinski definition) is 4. The molecule has 0 radical (unpaired) electrons. The monoisotopic (exact) mass is 351 g/mol. The lowest BCUT2D eigenvalue weighted by Gasteiger charge is -2.33. The number of hydrogen-bond donors (Lipinski definition) is 2. The molecule has 0 aromatic heterocycles. The van der Waals surface area contributed by atoms with Crippen LogP contribution in [0.2, 0.25) is 0 Å². The van der Waals surface area contributed by atoms with Crippen molar-refractivity contribution in [3.8, 4) is 5.75 Å². The number of amides is 2. The second-order valence-corrected chi connectivity index (χ2v) is 6.60. The van der Waals surface area contributed by atoms with E-state index in [1.54, 1.807) is 13.2 Å². The van der Waals surface area contributed by atoms with Gasteiger partial charge in [0.05, 0.1) is 18.5 Å². The minimum atomic E-state index is -0.165. The van der Waals surface area contributed by atoms with Crippen molar-refractivity contribution in [1.29, 1.82) is 0 Å². The fourth-order valence-corrected chi connectivity index (χ4v) is 3.60. The zero-order valence-corrected chi connectivity index (χ0v) is 14.6. The second kappa shape index (κ2) is 6.71. The van der Waals surface area contributed by atoms with Crippen LogP contribution in [0.15, 0.2) is 42.5 Å². The first-order valence-electron chi connectivity index (χ1n) is 8.78. The minimum absolute atomic E-state index is 0.0193. The van der Waals surface area contributed by atoms with Gasteiger partial charge in [-0.1, -0.05) is 12.1 Å².